The molecule has 0 bridgehead atoms. The molecule has 0 unspecified atom stereocenters. The Hall–Kier alpha value is -4.01. The molecule has 9 heteroatoms. The second-order valence-electron chi connectivity index (χ2n) is 9.20. The van der Waals surface area contributed by atoms with E-state index in [1.54, 1.807) is 31.4 Å². The van der Waals surface area contributed by atoms with E-state index >= 15 is 0 Å². The van der Waals surface area contributed by atoms with E-state index in [0.29, 0.717) is 54.0 Å². The second-order valence-corrected chi connectivity index (χ2v) is 10.6. The summed E-state index contributed by atoms with van der Waals surface area (Å²) in [6.07, 6.45) is 3.09. The minimum atomic E-state index is -0.252. The Balaban J connectivity index is 1.13. The van der Waals surface area contributed by atoms with Crippen molar-refractivity contribution in [1.29, 1.82) is 0 Å². The van der Waals surface area contributed by atoms with Gasteiger partial charge in [-0.2, -0.15) is 0 Å². The summed E-state index contributed by atoms with van der Waals surface area (Å²) in [7, 11) is 1.54. The number of benzene rings is 3. The van der Waals surface area contributed by atoms with Gasteiger partial charge in [-0.05, 0) is 72.8 Å². The number of halogens is 2. The smallest absolute Gasteiger partial charge is 0.257 e. The minimum absolute atomic E-state index is 0.0933. The predicted octanol–water partition coefficient (Wildman–Crippen LogP) is 6.99. The number of carbonyl (C=O) groups is 2. The molecular weight excluding hydrogens is 594 g/mol. The van der Waals surface area contributed by atoms with Crippen molar-refractivity contribution >= 4 is 56.8 Å². The van der Waals surface area contributed by atoms with Gasteiger partial charge in [-0.15, -0.1) is 0 Å². The van der Waals surface area contributed by atoms with Gasteiger partial charge in [0, 0.05) is 58.7 Å². The molecule has 1 aromatic heterocycles. The van der Waals surface area contributed by atoms with Gasteiger partial charge in [0.2, 0.25) is 5.91 Å². The van der Waals surface area contributed by atoms with Crippen LogP contribution in [0.4, 0.5) is 11.4 Å². The van der Waals surface area contributed by atoms with Crippen molar-refractivity contribution in [1.82, 2.24) is 4.90 Å². The number of nitrogens with one attached hydrogen (secondary N) is 1. The summed E-state index contributed by atoms with van der Waals surface area (Å²) in [5.74, 6) is 1.49. The van der Waals surface area contributed by atoms with E-state index in [0.717, 1.165) is 21.5 Å². The summed E-state index contributed by atoms with van der Waals surface area (Å²) < 4.78 is 12.2. The number of nitrogens with zero attached hydrogens (tertiary/aromatic N) is 2. The maximum atomic E-state index is 13.1. The van der Waals surface area contributed by atoms with E-state index in [1.165, 1.54) is 6.08 Å². The third-order valence-corrected chi connectivity index (χ3v) is 7.38. The van der Waals surface area contributed by atoms with Gasteiger partial charge in [0.15, 0.2) is 0 Å². The third-order valence-electron chi connectivity index (χ3n) is 6.61. The van der Waals surface area contributed by atoms with E-state index < -0.39 is 0 Å². The zero-order valence-electron chi connectivity index (χ0n) is 21.8. The number of furan rings is 1. The molecule has 1 fully saturated rings. The lowest BCUT2D eigenvalue weighted by Crippen LogP contribution is -2.48. The van der Waals surface area contributed by atoms with Crippen LogP contribution >= 0.6 is 27.5 Å². The molecule has 2 amide bonds. The van der Waals surface area contributed by atoms with Gasteiger partial charge in [-0.25, -0.2) is 0 Å². The lowest BCUT2D eigenvalue weighted by Gasteiger charge is -2.36. The van der Waals surface area contributed by atoms with E-state index in [1.807, 2.05) is 65.6 Å². The lowest BCUT2D eigenvalue weighted by molar-refractivity contribution is -0.111. The van der Waals surface area contributed by atoms with Crippen LogP contribution in [-0.4, -0.2) is 50.0 Å². The topological polar surface area (TPSA) is 75.0 Å². The highest BCUT2D eigenvalue weighted by Gasteiger charge is 2.24. The van der Waals surface area contributed by atoms with Crippen LogP contribution in [0.1, 0.15) is 16.1 Å². The Morgan fingerprint density at radius 2 is 1.68 bits per heavy atom. The SMILES string of the molecule is COc1ccc(Cl)cc1C(=O)N1CCN(c2ccc(NC(=O)/C=C/c3ccc(-c4ccc(Br)cc4)o3)cc2)CC1. The van der Waals surface area contributed by atoms with Gasteiger partial charge in [-0.1, -0.05) is 39.7 Å². The normalized spacial score (nSPS) is 13.5. The maximum absolute atomic E-state index is 13.1. The van der Waals surface area contributed by atoms with Crippen molar-refractivity contribution in [3.05, 3.63) is 106 Å². The fraction of sp³-hybridized carbons (Fsp3) is 0.161. The predicted molar refractivity (Wildman–Crippen MR) is 162 cm³/mol. The molecule has 1 aliphatic heterocycles. The zero-order chi connectivity index (χ0) is 28.1. The van der Waals surface area contributed by atoms with Gasteiger partial charge in [0.25, 0.3) is 5.91 Å². The first-order valence-electron chi connectivity index (χ1n) is 12.7. The average molecular weight is 621 g/mol. The molecular formula is C31H27BrClN3O4. The van der Waals surface area contributed by atoms with Gasteiger partial charge < -0.3 is 24.3 Å². The van der Waals surface area contributed by atoms with Crippen molar-refractivity contribution in [2.75, 3.05) is 43.5 Å². The molecule has 204 valence electrons. The number of piperazine rings is 1. The summed E-state index contributed by atoms with van der Waals surface area (Å²) in [5.41, 5.74) is 3.14. The maximum Gasteiger partial charge on any atom is 0.257 e. The molecule has 0 atom stereocenters. The summed E-state index contributed by atoms with van der Waals surface area (Å²) in [6.45, 7) is 2.53. The number of hydrogen-bond acceptors (Lipinski definition) is 5. The first kappa shape index (κ1) is 27.6. The fourth-order valence-corrected chi connectivity index (χ4v) is 4.93. The Labute approximate surface area is 246 Å². The van der Waals surface area contributed by atoms with E-state index in [2.05, 4.69) is 26.1 Å². The van der Waals surface area contributed by atoms with Crippen LogP contribution in [0.3, 0.4) is 0 Å². The number of carbonyl (C=O) groups excluding carboxylic acids is 2. The van der Waals surface area contributed by atoms with Gasteiger partial charge >= 0.3 is 0 Å². The molecule has 0 aliphatic carbocycles. The van der Waals surface area contributed by atoms with Crippen molar-refractivity contribution in [2.24, 2.45) is 0 Å². The highest BCUT2D eigenvalue weighted by atomic mass is 79.9. The molecule has 4 aromatic rings. The van der Waals surface area contributed by atoms with Crippen molar-refractivity contribution < 1.29 is 18.7 Å². The molecule has 7 nitrogen and oxygen atoms in total. The van der Waals surface area contributed by atoms with Gasteiger partial charge in [0.1, 0.15) is 17.3 Å². The molecule has 0 radical (unpaired) electrons. The van der Waals surface area contributed by atoms with Crippen molar-refractivity contribution in [3.63, 3.8) is 0 Å². The monoisotopic (exact) mass is 619 g/mol. The highest BCUT2D eigenvalue weighted by molar-refractivity contribution is 9.10. The van der Waals surface area contributed by atoms with E-state index in [9.17, 15) is 9.59 Å². The summed E-state index contributed by atoms with van der Waals surface area (Å²) in [5, 5.41) is 3.37. The molecule has 0 spiro atoms. The molecule has 1 saturated heterocycles. The molecule has 2 heterocycles. The zero-order valence-corrected chi connectivity index (χ0v) is 24.1. The molecule has 1 aliphatic rings. The molecule has 3 aromatic carbocycles. The van der Waals surface area contributed by atoms with Crippen molar-refractivity contribution in [3.8, 4) is 17.1 Å². The third kappa shape index (κ3) is 6.58. The van der Waals surface area contributed by atoms with Crippen LogP contribution in [-0.2, 0) is 4.79 Å². The Morgan fingerprint density at radius 1 is 0.950 bits per heavy atom. The number of anilines is 2. The molecule has 5 rings (SSSR count). The Morgan fingerprint density at radius 3 is 2.38 bits per heavy atom. The molecule has 0 saturated carbocycles. The molecule has 1 N–H and O–H groups in total. The number of rotatable bonds is 7. The van der Waals surface area contributed by atoms with Crippen molar-refractivity contribution in [2.45, 2.75) is 0 Å². The number of ether oxygens (including phenoxy) is 1. The first-order valence-corrected chi connectivity index (χ1v) is 13.9. The Bertz CT molecular complexity index is 1530. The van der Waals surface area contributed by atoms with Gasteiger partial charge in [0.05, 0.1) is 12.7 Å². The number of amides is 2. The quantitative estimate of drug-likeness (QED) is 0.226. The summed E-state index contributed by atoms with van der Waals surface area (Å²) in [6, 6.07) is 24.3. The fourth-order valence-electron chi connectivity index (χ4n) is 4.49. The van der Waals surface area contributed by atoms with Crippen LogP contribution in [0.5, 0.6) is 5.75 Å². The van der Waals surface area contributed by atoms with Crippen LogP contribution < -0.4 is 15.0 Å². The first-order chi connectivity index (χ1) is 19.4. The number of methoxy groups -OCH3 is 1. The second kappa shape index (κ2) is 12.4. The van der Waals surface area contributed by atoms with E-state index in [4.69, 9.17) is 20.8 Å². The molecule has 40 heavy (non-hydrogen) atoms. The van der Waals surface area contributed by atoms with Crippen LogP contribution in [0.15, 0.2) is 93.8 Å². The largest absolute Gasteiger partial charge is 0.496 e. The minimum Gasteiger partial charge on any atom is -0.496 e. The average Bonchev–Trinajstić information content (AvgIpc) is 3.46. The number of hydrogen-bond donors (Lipinski definition) is 1. The highest BCUT2D eigenvalue weighted by Crippen LogP contribution is 2.27. The van der Waals surface area contributed by atoms with Crippen LogP contribution in [0.2, 0.25) is 5.02 Å². The van der Waals surface area contributed by atoms with Gasteiger partial charge in [-0.3, -0.25) is 9.59 Å². The Kier molecular flexibility index (Phi) is 8.57. The van der Waals surface area contributed by atoms with Crippen LogP contribution in [0, 0.1) is 0 Å². The van der Waals surface area contributed by atoms with E-state index in [-0.39, 0.29) is 11.8 Å². The summed E-state index contributed by atoms with van der Waals surface area (Å²) >= 11 is 9.53. The summed E-state index contributed by atoms with van der Waals surface area (Å²) in [4.78, 5) is 29.5. The standard InChI is InChI=1S/C31H27BrClN3O4/c1-39-29-13-6-23(33)20-27(29)31(38)36-18-16-35(17-19-36)25-9-7-24(8-10-25)34-30(37)15-12-26-11-14-28(40-26)21-2-4-22(32)5-3-21/h2-15,20H,16-19H2,1H3,(H,34,37)/b15-12+. The van der Waals surface area contributed by atoms with Crippen LogP contribution in [0.25, 0.3) is 17.4 Å². The lowest BCUT2D eigenvalue weighted by atomic mass is 10.1.